The van der Waals surface area contributed by atoms with E-state index in [0.29, 0.717) is 12.0 Å². The highest BCUT2D eigenvalue weighted by atomic mass is 16.6. The summed E-state index contributed by atoms with van der Waals surface area (Å²) in [4.78, 5) is 0. The Morgan fingerprint density at radius 3 is 3.06 bits per heavy atom. The Kier molecular flexibility index (Phi) is 4.76. The number of hydrogen-bond donors (Lipinski definition) is 2. The first-order valence-corrected chi connectivity index (χ1v) is 6.46. The molecule has 17 heavy (non-hydrogen) atoms. The highest BCUT2D eigenvalue weighted by Crippen LogP contribution is 2.37. The number of hydrazine groups is 1. The predicted molar refractivity (Wildman–Crippen MR) is 64.4 cm³/mol. The third-order valence-corrected chi connectivity index (χ3v) is 4.01. The van der Waals surface area contributed by atoms with E-state index in [1.807, 2.05) is 0 Å². The highest BCUT2D eigenvalue weighted by molar-refractivity contribution is 4.93. The summed E-state index contributed by atoms with van der Waals surface area (Å²) in [5.74, 6) is 6.21. The van der Waals surface area contributed by atoms with Gasteiger partial charge >= 0.3 is 0 Å². The van der Waals surface area contributed by atoms with Crippen LogP contribution in [-0.2, 0) is 14.2 Å². The van der Waals surface area contributed by atoms with E-state index in [1.165, 1.54) is 0 Å². The SMILES string of the molecule is COCCC(NN)C1CCOC2(CCOC2)C1. The second-order valence-electron chi connectivity index (χ2n) is 5.14. The molecule has 2 heterocycles. The molecule has 0 amide bonds. The molecule has 5 heteroatoms. The van der Waals surface area contributed by atoms with Gasteiger partial charge in [0.1, 0.15) is 0 Å². The summed E-state index contributed by atoms with van der Waals surface area (Å²) >= 11 is 0. The second kappa shape index (κ2) is 6.11. The fraction of sp³-hybridized carbons (Fsp3) is 1.00. The van der Waals surface area contributed by atoms with Crippen LogP contribution in [0.5, 0.6) is 0 Å². The third-order valence-electron chi connectivity index (χ3n) is 4.01. The molecule has 3 N–H and O–H groups in total. The molecule has 1 spiro atoms. The predicted octanol–water partition coefficient (Wildman–Crippen LogP) is 0.441. The Morgan fingerprint density at radius 1 is 1.53 bits per heavy atom. The van der Waals surface area contributed by atoms with Crippen LogP contribution in [0.25, 0.3) is 0 Å². The standard InChI is InChI=1S/C12H24N2O3/c1-15-5-3-11(14-13)10-2-6-17-12(8-10)4-7-16-9-12/h10-11,14H,2-9,13H2,1H3. The molecule has 100 valence electrons. The molecule has 5 nitrogen and oxygen atoms in total. The minimum atomic E-state index is -0.0366. The maximum Gasteiger partial charge on any atom is 0.0939 e. The molecule has 0 saturated carbocycles. The molecule has 2 fully saturated rings. The summed E-state index contributed by atoms with van der Waals surface area (Å²) in [5.41, 5.74) is 2.90. The number of nitrogens with one attached hydrogen (secondary N) is 1. The van der Waals surface area contributed by atoms with Gasteiger partial charge in [-0.15, -0.1) is 0 Å². The van der Waals surface area contributed by atoms with Crippen molar-refractivity contribution in [3.8, 4) is 0 Å². The maximum absolute atomic E-state index is 5.93. The van der Waals surface area contributed by atoms with Crippen molar-refractivity contribution in [3.63, 3.8) is 0 Å². The van der Waals surface area contributed by atoms with Gasteiger partial charge in [0, 0.05) is 39.4 Å². The largest absolute Gasteiger partial charge is 0.385 e. The Morgan fingerprint density at radius 2 is 2.41 bits per heavy atom. The van der Waals surface area contributed by atoms with E-state index in [-0.39, 0.29) is 5.60 Å². The Balaban J connectivity index is 1.90. The van der Waals surface area contributed by atoms with Gasteiger partial charge in [-0.1, -0.05) is 0 Å². The van der Waals surface area contributed by atoms with Crippen LogP contribution in [0.3, 0.4) is 0 Å². The minimum Gasteiger partial charge on any atom is -0.385 e. The lowest BCUT2D eigenvalue weighted by molar-refractivity contribution is -0.104. The average Bonchev–Trinajstić information content (AvgIpc) is 2.78. The number of hydrogen-bond acceptors (Lipinski definition) is 5. The molecule has 3 atom stereocenters. The van der Waals surface area contributed by atoms with Crippen molar-refractivity contribution in [1.82, 2.24) is 5.43 Å². The Labute approximate surface area is 103 Å². The van der Waals surface area contributed by atoms with E-state index < -0.39 is 0 Å². The van der Waals surface area contributed by atoms with Crippen molar-refractivity contribution >= 4 is 0 Å². The molecule has 0 aromatic carbocycles. The normalized spacial score (nSPS) is 35.3. The van der Waals surface area contributed by atoms with Crippen LogP contribution in [0.15, 0.2) is 0 Å². The van der Waals surface area contributed by atoms with Crippen molar-refractivity contribution in [2.24, 2.45) is 11.8 Å². The van der Waals surface area contributed by atoms with E-state index in [2.05, 4.69) is 5.43 Å². The van der Waals surface area contributed by atoms with Gasteiger partial charge < -0.3 is 14.2 Å². The van der Waals surface area contributed by atoms with Crippen molar-refractivity contribution in [3.05, 3.63) is 0 Å². The number of ether oxygens (including phenoxy) is 3. The fourth-order valence-corrected chi connectivity index (χ4v) is 2.97. The van der Waals surface area contributed by atoms with E-state index >= 15 is 0 Å². The van der Waals surface area contributed by atoms with Crippen molar-refractivity contribution < 1.29 is 14.2 Å². The van der Waals surface area contributed by atoms with Gasteiger partial charge in [-0.05, 0) is 25.2 Å². The van der Waals surface area contributed by atoms with E-state index in [1.54, 1.807) is 7.11 Å². The molecular formula is C12H24N2O3. The van der Waals surface area contributed by atoms with Crippen LogP contribution in [0.1, 0.15) is 25.7 Å². The van der Waals surface area contributed by atoms with Crippen LogP contribution >= 0.6 is 0 Å². The van der Waals surface area contributed by atoms with Crippen LogP contribution < -0.4 is 11.3 Å². The van der Waals surface area contributed by atoms with E-state index in [0.717, 1.165) is 52.1 Å². The number of nitrogens with two attached hydrogens (primary N) is 1. The fourth-order valence-electron chi connectivity index (χ4n) is 2.97. The molecule has 0 radical (unpaired) electrons. The van der Waals surface area contributed by atoms with E-state index in [4.69, 9.17) is 20.1 Å². The molecule has 2 aliphatic heterocycles. The molecule has 3 unspecified atom stereocenters. The summed E-state index contributed by atoms with van der Waals surface area (Å²) in [6.07, 6.45) is 4.09. The van der Waals surface area contributed by atoms with Crippen LogP contribution in [0.4, 0.5) is 0 Å². The van der Waals surface area contributed by atoms with Crippen LogP contribution in [0.2, 0.25) is 0 Å². The molecular weight excluding hydrogens is 220 g/mol. The molecule has 2 saturated heterocycles. The second-order valence-corrected chi connectivity index (χ2v) is 5.14. The molecule has 0 aliphatic carbocycles. The molecule has 2 aliphatic rings. The average molecular weight is 244 g/mol. The lowest BCUT2D eigenvalue weighted by Crippen LogP contribution is -2.49. The van der Waals surface area contributed by atoms with Gasteiger partial charge in [-0.25, -0.2) is 0 Å². The topological polar surface area (TPSA) is 65.7 Å². The maximum atomic E-state index is 5.93. The van der Waals surface area contributed by atoms with Crippen LogP contribution in [0, 0.1) is 5.92 Å². The first kappa shape index (κ1) is 13.2. The smallest absolute Gasteiger partial charge is 0.0939 e. The number of rotatable bonds is 5. The van der Waals surface area contributed by atoms with Gasteiger partial charge in [0.25, 0.3) is 0 Å². The van der Waals surface area contributed by atoms with Gasteiger partial charge in [-0.2, -0.15) is 0 Å². The van der Waals surface area contributed by atoms with Crippen molar-refractivity contribution in [1.29, 1.82) is 0 Å². The van der Waals surface area contributed by atoms with Crippen LogP contribution in [-0.4, -0.2) is 45.2 Å². The zero-order valence-electron chi connectivity index (χ0n) is 10.6. The zero-order chi connectivity index (χ0) is 12.1. The monoisotopic (exact) mass is 244 g/mol. The summed E-state index contributed by atoms with van der Waals surface area (Å²) in [6.45, 7) is 3.13. The first-order chi connectivity index (χ1) is 8.29. The zero-order valence-corrected chi connectivity index (χ0v) is 10.6. The van der Waals surface area contributed by atoms with Gasteiger partial charge in [0.05, 0.1) is 12.2 Å². The highest BCUT2D eigenvalue weighted by Gasteiger charge is 2.42. The molecule has 0 aromatic heterocycles. The minimum absolute atomic E-state index is 0.0366. The summed E-state index contributed by atoms with van der Waals surface area (Å²) in [5, 5.41) is 0. The quantitative estimate of drug-likeness (QED) is 0.543. The first-order valence-electron chi connectivity index (χ1n) is 6.46. The number of methoxy groups -OCH3 is 1. The summed E-state index contributed by atoms with van der Waals surface area (Å²) < 4.78 is 16.5. The Hall–Kier alpha value is -0.200. The molecule has 0 bridgehead atoms. The van der Waals surface area contributed by atoms with Crippen molar-refractivity contribution in [2.75, 3.05) is 33.5 Å². The lowest BCUT2D eigenvalue weighted by Gasteiger charge is -2.40. The van der Waals surface area contributed by atoms with Crippen molar-refractivity contribution in [2.45, 2.75) is 37.3 Å². The summed E-state index contributed by atoms with van der Waals surface area (Å²) in [7, 11) is 1.73. The molecule has 2 rings (SSSR count). The Bertz CT molecular complexity index is 232. The van der Waals surface area contributed by atoms with Gasteiger partial charge in [0.2, 0.25) is 0 Å². The van der Waals surface area contributed by atoms with E-state index in [9.17, 15) is 0 Å². The molecule has 0 aromatic rings. The summed E-state index contributed by atoms with van der Waals surface area (Å²) in [6, 6.07) is 0.316. The lowest BCUT2D eigenvalue weighted by atomic mass is 9.80. The van der Waals surface area contributed by atoms with Gasteiger partial charge in [-0.3, -0.25) is 11.3 Å². The van der Waals surface area contributed by atoms with Gasteiger partial charge in [0.15, 0.2) is 0 Å². The third kappa shape index (κ3) is 3.17.